The molecule has 0 atom stereocenters. The third-order valence-corrected chi connectivity index (χ3v) is 2.85. The molecular weight excluding hydrogens is 282 g/mol. The van der Waals surface area contributed by atoms with Gasteiger partial charge in [-0.2, -0.15) is 5.21 Å². The van der Waals surface area contributed by atoms with Crippen molar-refractivity contribution in [3.05, 3.63) is 47.8 Å². The Balaban J connectivity index is 1.98. The summed E-state index contributed by atoms with van der Waals surface area (Å²) in [4.78, 5) is 15.9. The summed E-state index contributed by atoms with van der Waals surface area (Å²) in [6.45, 7) is 0. The third kappa shape index (κ3) is 2.24. The lowest BCUT2D eigenvalue weighted by molar-refractivity contribution is 0.101. The number of hydrogen-bond donors (Lipinski definition) is 2. The van der Waals surface area contributed by atoms with Crippen LogP contribution in [0.1, 0.15) is 10.6 Å². The van der Waals surface area contributed by atoms with Crippen LogP contribution in [0.25, 0.3) is 5.69 Å². The highest BCUT2D eigenvalue weighted by atomic mass is 35.5. The molecule has 2 heterocycles. The standard InChI is InChI=1S/C11H8ClN7O/c12-7-2-1-3-8(9(7)19-5-4-13-6-19)14-11(20)10-15-17-18-16-10/h1-6H,(H,14,20)(H,15,16,17,18). The van der Waals surface area contributed by atoms with E-state index in [1.165, 1.54) is 0 Å². The van der Waals surface area contributed by atoms with Crippen LogP contribution in [-0.4, -0.2) is 36.1 Å². The van der Waals surface area contributed by atoms with Gasteiger partial charge in [0.1, 0.15) is 0 Å². The second-order valence-electron chi connectivity index (χ2n) is 3.80. The van der Waals surface area contributed by atoms with Crippen LogP contribution in [0.2, 0.25) is 5.02 Å². The number of aromatic amines is 1. The molecule has 8 nitrogen and oxygen atoms in total. The van der Waals surface area contributed by atoms with Crippen molar-refractivity contribution >= 4 is 23.2 Å². The van der Waals surface area contributed by atoms with Crippen molar-refractivity contribution in [3.8, 4) is 5.69 Å². The Hall–Kier alpha value is -2.74. The van der Waals surface area contributed by atoms with Crippen molar-refractivity contribution in [2.24, 2.45) is 0 Å². The first-order valence-electron chi connectivity index (χ1n) is 5.57. The minimum absolute atomic E-state index is 0.0541. The SMILES string of the molecule is O=C(Nc1cccc(Cl)c1-n1ccnc1)c1nn[nH]n1. The Morgan fingerprint density at radius 2 is 2.30 bits per heavy atom. The number of carbonyl (C=O) groups is 1. The first-order chi connectivity index (χ1) is 9.75. The average molecular weight is 290 g/mol. The number of nitrogens with one attached hydrogen (secondary N) is 2. The molecule has 3 rings (SSSR count). The second kappa shape index (κ2) is 5.10. The highest BCUT2D eigenvalue weighted by Gasteiger charge is 2.15. The lowest BCUT2D eigenvalue weighted by atomic mass is 10.2. The van der Waals surface area contributed by atoms with Gasteiger partial charge in [0.25, 0.3) is 11.7 Å². The number of rotatable bonds is 3. The van der Waals surface area contributed by atoms with E-state index >= 15 is 0 Å². The highest BCUT2D eigenvalue weighted by Crippen LogP contribution is 2.28. The molecule has 2 aromatic heterocycles. The van der Waals surface area contributed by atoms with E-state index in [1.54, 1.807) is 41.5 Å². The Labute approximate surface area is 117 Å². The molecule has 20 heavy (non-hydrogen) atoms. The number of para-hydroxylation sites is 1. The van der Waals surface area contributed by atoms with Crippen LogP contribution in [0.5, 0.6) is 0 Å². The summed E-state index contributed by atoms with van der Waals surface area (Å²) in [6, 6.07) is 5.18. The normalized spacial score (nSPS) is 10.4. The number of tetrazole rings is 1. The van der Waals surface area contributed by atoms with Gasteiger partial charge in [0.15, 0.2) is 0 Å². The fourth-order valence-corrected chi connectivity index (χ4v) is 1.98. The Morgan fingerprint density at radius 3 is 3.00 bits per heavy atom. The number of imidazole rings is 1. The molecule has 0 bridgehead atoms. The zero-order chi connectivity index (χ0) is 13.9. The summed E-state index contributed by atoms with van der Waals surface area (Å²) < 4.78 is 1.70. The first kappa shape index (κ1) is 12.3. The molecule has 3 aromatic rings. The number of benzene rings is 1. The van der Waals surface area contributed by atoms with Crippen LogP contribution in [0.15, 0.2) is 36.9 Å². The van der Waals surface area contributed by atoms with Crippen molar-refractivity contribution in [2.45, 2.75) is 0 Å². The van der Waals surface area contributed by atoms with Crippen LogP contribution >= 0.6 is 11.6 Å². The number of carbonyl (C=O) groups excluding carboxylic acids is 1. The minimum atomic E-state index is -0.484. The highest BCUT2D eigenvalue weighted by molar-refractivity contribution is 6.33. The van der Waals surface area contributed by atoms with Crippen molar-refractivity contribution in [3.63, 3.8) is 0 Å². The smallest absolute Gasteiger partial charge is 0.297 e. The van der Waals surface area contributed by atoms with E-state index in [0.717, 1.165) is 0 Å². The van der Waals surface area contributed by atoms with E-state index in [-0.39, 0.29) is 5.82 Å². The molecule has 0 radical (unpaired) electrons. The first-order valence-corrected chi connectivity index (χ1v) is 5.95. The monoisotopic (exact) mass is 289 g/mol. The van der Waals surface area contributed by atoms with Gasteiger partial charge >= 0.3 is 0 Å². The van der Waals surface area contributed by atoms with Crippen molar-refractivity contribution in [1.29, 1.82) is 0 Å². The molecule has 0 aliphatic rings. The molecule has 0 fully saturated rings. The Morgan fingerprint density at radius 1 is 1.40 bits per heavy atom. The summed E-state index contributed by atoms with van der Waals surface area (Å²) in [5.74, 6) is -0.538. The van der Waals surface area contributed by atoms with E-state index in [9.17, 15) is 4.79 Å². The molecule has 2 N–H and O–H groups in total. The van der Waals surface area contributed by atoms with Crippen molar-refractivity contribution in [1.82, 2.24) is 30.2 Å². The van der Waals surface area contributed by atoms with Crippen LogP contribution in [-0.2, 0) is 0 Å². The summed E-state index contributed by atoms with van der Waals surface area (Å²) in [5.41, 5.74) is 1.13. The fourth-order valence-electron chi connectivity index (χ4n) is 1.71. The maximum absolute atomic E-state index is 11.9. The van der Waals surface area contributed by atoms with E-state index in [4.69, 9.17) is 11.6 Å². The van der Waals surface area contributed by atoms with Gasteiger partial charge in [-0.3, -0.25) is 4.79 Å². The van der Waals surface area contributed by atoms with E-state index < -0.39 is 5.91 Å². The lowest BCUT2D eigenvalue weighted by Crippen LogP contribution is -2.15. The zero-order valence-electron chi connectivity index (χ0n) is 9.99. The predicted octanol–water partition coefficient (Wildman–Crippen LogP) is 1.29. The molecule has 0 saturated heterocycles. The molecule has 9 heteroatoms. The molecule has 0 saturated carbocycles. The molecule has 0 spiro atoms. The molecule has 1 aromatic carbocycles. The Bertz CT molecular complexity index is 723. The van der Waals surface area contributed by atoms with Crippen molar-refractivity contribution in [2.75, 3.05) is 5.32 Å². The van der Waals surface area contributed by atoms with Gasteiger partial charge < -0.3 is 9.88 Å². The van der Waals surface area contributed by atoms with Gasteiger partial charge in [-0.25, -0.2) is 4.98 Å². The summed E-state index contributed by atoms with van der Waals surface area (Å²) >= 11 is 6.18. The van der Waals surface area contributed by atoms with Crippen LogP contribution in [0.4, 0.5) is 5.69 Å². The number of amides is 1. The second-order valence-corrected chi connectivity index (χ2v) is 4.20. The molecule has 0 aliphatic carbocycles. The largest absolute Gasteiger partial charge is 0.317 e. The van der Waals surface area contributed by atoms with Crippen molar-refractivity contribution < 1.29 is 4.79 Å². The molecular formula is C11H8ClN7O. The van der Waals surface area contributed by atoms with Gasteiger partial charge in [-0.15, -0.1) is 10.2 Å². The van der Waals surface area contributed by atoms with Gasteiger partial charge in [0.2, 0.25) is 0 Å². The van der Waals surface area contributed by atoms with Crippen LogP contribution in [0.3, 0.4) is 0 Å². The van der Waals surface area contributed by atoms with Gasteiger partial charge in [-0.05, 0) is 17.3 Å². The minimum Gasteiger partial charge on any atom is -0.317 e. The van der Waals surface area contributed by atoms with E-state index in [0.29, 0.717) is 16.4 Å². The maximum atomic E-state index is 11.9. The maximum Gasteiger partial charge on any atom is 0.297 e. The van der Waals surface area contributed by atoms with Crippen LogP contribution < -0.4 is 5.32 Å². The number of nitrogens with zero attached hydrogens (tertiary/aromatic N) is 5. The number of halogens is 1. The topological polar surface area (TPSA) is 101 Å². The summed E-state index contributed by atoms with van der Waals surface area (Å²) in [7, 11) is 0. The van der Waals surface area contributed by atoms with E-state index in [1.807, 2.05) is 0 Å². The summed E-state index contributed by atoms with van der Waals surface area (Å²) in [5, 5.41) is 16.0. The third-order valence-electron chi connectivity index (χ3n) is 2.55. The zero-order valence-corrected chi connectivity index (χ0v) is 10.7. The number of H-pyrrole nitrogens is 1. The molecule has 0 unspecified atom stereocenters. The van der Waals surface area contributed by atoms with Gasteiger partial charge in [-0.1, -0.05) is 17.7 Å². The van der Waals surface area contributed by atoms with Gasteiger partial charge in [0, 0.05) is 12.4 Å². The molecule has 100 valence electrons. The molecule has 0 aliphatic heterocycles. The van der Waals surface area contributed by atoms with Crippen LogP contribution in [0, 0.1) is 0 Å². The Kier molecular flexibility index (Phi) is 3.13. The predicted molar refractivity (Wildman–Crippen MR) is 70.7 cm³/mol. The lowest BCUT2D eigenvalue weighted by Gasteiger charge is -2.12. The number of hydrogen-bond acceptors (Lipinski definition) is 5. The molecule has 1 amide bonds. The number of anilines is 1. The fraction of sp³-hybridized carbons (Fsp3) is 0. The average Bonchev–Trinajstić information content (AvgIpc) is 3.12. The van der Waals surface area contributed by atoms with Gasteiger partial charge in [0.05, 0.1) is 22.7 Å². The van der Waals surface area contributed by atoms with E-state index in [2.05, 4.69) is 30.9 Å². The quantitative estimate of drug-likeness (QED) is 0.756. The number of aromatic nitrogens is 6. The summed E-state index contributed by atoms with van der Waals surface area (Å²) in [6.07, 6.45) is 4.94.